The van der Waals surface area contributed by atoms with E-state index in [4.69, 9.17) is 9.47 Å². The topological polar surface area (TPSA) is 64.6 Å². The molecule has 1 aliphatic heterocycles. The van der Waals surface area contributed by atoms with Gasteiger partial charge in [0.15, 0.2) is 5.78 Å². The number of amides is 1. The third-order valence-corrected chi connectivity index (χ3v) is 3.35. The molecule has 0 unspecified atom stereocenters. The van der Waals surface area contributed by atoms with E-state index in [0.29, 0.717) is 24.5 Å². The molecule has 1 amide bonds. The Hall–Kier alpha value is -1.72. The molecule has 0 spiro atoms. The van der Waals surface area contributed by atoms with E-state index >= 15 is 0 Å². The van der Waals surface area contributed by atoms with Crippen LogP contribution in [0.1, 0.15) is 36.5 Å². The van der Waals surface area contributed by atoms with Gasteiger partial charge in [0.05, 0.1) is 25.7 Å². The summed E-state index contributed by atoms with van der Waals surface area (Å²) in [6, 6.07) is 6.91. The van der Waals surface area contributed by atoms with Crippen molar-refractivity contribution in [3.63, 3.8) is 0 Å². The van der Waals surface area contributed by atoms with Gasteiger partial charge >= 0.3 is 0 Å². The molecule has 0 saturated carbocycles. The molecule has 5 nitrogen and oxygen atoms in total. The van der Waals surface area contributed by atoms with E-state index in [1.807, 2.05) is 0 Å². The highest BCUT2D eigenvalue weighted by Gasteiger charge is 2.15. The van der Waals surface area contributed by atoms with Gasteiger partial charge in [0.1, 0.15) is 0 Å². The predicted octanol–water partition coefficient (Wildman–Crippen LogP) is 2.41. The minimum Gasteiger partial charge on any atom is -0.378 e. The van der Waals surface area contributed by atoms with Crippen LogP contribution in [0.2, 0.25) is 0 Å². The zero-order chi connectivity index (χ0) is 15.1. The maximum Gasteiger partial charge on any atom is 0.226 e. The average molecular weight is 291 g/mol. The normalized spacial score (nSPS) is 17.7. The molecule has 1 saturated heterocycles. The summed E-state index contributed by atoms with van der Waals surface area (Å²) in [5.74, 6) is -0.144. The van der Waals surface area contributed by atoms with Crippen LogP contribution >= 0.6 is 0 Å². The van der Waals surface area contributed by atoms with Crippen LogP contribution in [0.15, 0.2) is 24.3 Å². The fraction of sp³-hybridized carbons (Fsp3) is 0.500. The highest BCUT2D eigenvalue weighted by molar-refractivity contribution is 5.97. The van der Waals surface area contributed by atoms with Crippen LogP contribution in [0.25, 0.3) is 0 Å². The minimum absolute atomic E-state index is 0.0222. The lowest BCUT2D eigenvalue weighted by Crippen LogP contribution is -2.18. The molecule has 1 aromatic carbocycles. The molecule has 1 heterocycles. The maximum atomic E-state index is 11.8. The largest absolute Gasteiger partial charge is 0.378 e. The van der Waals surface area contributed by atoms with Crippen LogP contribution in [0.3, 0.4) is 0 Å². The van der Waals surface area contributed by atoms with E-state index in [0.717, 1.165) is 19.4 Å². The Morgan fingerprint density at radius 3 is 3.00 bits per heavy atom. The number of benzene rings is 1. The number of anilines is 1. The summed E-state index contributed by atoms with van der Waals surface area (Å²) in [5, 5.41) is 2.76. The van der Waals surface area contributed by atoms with Crippen molar-refractivity contribution in [1.82, 2.24) is 0 Å². The van der Waals surface area contributed by atoms with E-state index in [9.17, 15) is 9.59 Å². The number of carbonyl (C=O) groups is 2. The van der Waals surface area contributed by atoms with Crippen molar-refractivity contribution in [3.8, 4) is 0 Å². The monoisotopic (exact) mass is 291 g/mol. The van der Waals surface area contributed by atoms with Gasteiger partial charge in [0.25, 0.3) is 0 Å². The van der Waals surface area contributed by atoms with Crippen molar-refractivity contribution in [2.24, 2.45) is 0 Å². The maximum absolute atomic E-state index is 11.8. The van der Waals surface area contributed by atoms with Gasteiger partial charge in [-0.2, -0.15) is 0 Å². The van der Waals surface area contributed by atoms with Crippen molar-refractivity contribution in [1.29, 1.82) is 0 Å². The molecule has 0 bridgehead atoms. The second kappa shape index (κ2) is 7.90. The molecule has 1 aromatic rings. The van der Waals surface area contributed by atoms with Crippen LogP contribution in [0.5, 0.6) is 0 Å². The van der Waals surface area contributed by atoms with Crippen LogP contribution < -0.4 is 5.32 Å². The van der Waals surface area contributed by atoms with Gasteiger partial charge in [-0.15, -0.1) is 0 Å². The minimum atomic E-state index is -0.122. The first kappa shape index (κ1) is 15.7. The lowest BCUT2D eigenvalue weighted by molar-refractivity contribution is -0.117. The number of rotatable bonds is 7. The van der Waals surface area contributed by atoms with Crippen molar-refractivity contribution < 1.29 is 19.1 Å². The molecule has 2 rings (SSSR count). The van der Waals surface area contributed by atoms with E-state index in [1.54, 1.807) is 24.3 Å². The number of ketones is 1. The highest BCUT2D eigenvalue weighted by atomic mass is 16.5. The summed E-state index contributed by atoms with van der Waals surface area (Å²) in [6.45, 7) is 3.23. The van der Waals surface area contributed by atoms with Crippen molar-refractivity contribution in [3.05, 3.63) is 29.8 Å². The number of hydrogen-bond acceptors (Lipinski definition) is 4. The summed E-state index contributed by atoms with van der Waals surface area (Å²) < 4.78 is 10.9. The zero-order valence-electron chi connectivity index (χ0n) is 12.3. The molecule has 1 atom stereocenters. The number of ether oxygens (including phenoxy) is 2. The fourth-order valence-corrected chi connectivity index (χ4v) is 2.19. The third kappa shape index (κ3) is 5.28. The second-order valence-electron chi connectivity index (χ2n) is 5.15. The Morgan fingerprint density at radius 2 is 2.29 bits per heavy atom. The number of hydrogen-bond donors (Lipinski definition) is 1. The van der Waals surface area contributed by atoms with Gasteiger partial charge in [-0.25, -0.2) is 0 Å². The molecule has 5 heteroatoms. The predicted molar refractivity (Wildman–Crippen MR) is 79.5 cm³/mol. The first-order chi connectivity index (χ1) is 10.1. The molecule has 0 aliphatic carbocycles. The van der Waals surface area contributed by atoms with E-state index < -0.39 is 0 Å². The molecule has 0 radical (unpaired) electrons. The Balaban J connectivity index is 1.69. The summed E-state index contributed by atoms with van der Waals surface area (Å²) in [6.07, 6.45) is 2.59. The SMILES string of the molecule is CC(=O)c1cccc(NC(=O)CCOC[C@@H]2CCCO2)c1. The summed E-state index contributed by atoms with van der Waals surface area (Å²) in [5.41, 5.74) is 1.22. The molecule has 1 N–H and O–H groups in total. The van der Waals surface area contributed by atoms with Gasteiger partial charge in [-0.3, -0.25) is 9.59 Å². The Labute approximate surface area is 124 Å². The van der Waals surface area contributed by atoms with E-state index in [-0.39, 0.29) is 24.2 Å². The van der Waals surface area contributed by atoms with Crippen LogP contribution in [-0.2, 0) is 14.3 Å². The summed E-state index contributed by atoms with van der Waals surface area (Å²) >= 11 is 0. The molecular formula is C16H21NO4. The number of Topliss-reactive ketones (excluding diaryl/α,β-unsaturated/α-hetero) is 1. The Bertz CT molecular complexity index is 495. The average Bonchev–Trinajstić information content (AvgIpc) is 2.97. The fourth-order valence-electron chi connectivity index (χ4n) is 2.19. The lowest BCUT2D eigenvalue weighted by Gasteiger charge is -2.10. The molecule has 1 aliphatic rings. The number of nitrogens with one attached hydrogen (secondary N) is 1. The molecule has 114 valence electrons. The third-order valence-electron chi connectivity index (χ3n) is 3.35. The van der Waals surface area contributed by atoms with Crippen LogP contribution in [0, 0.1) is 0 Å². The molecule has 0 aromatic heterocycles. The lowest BCUT2D eigenvalue weighted by atomic mass is 10.1. The highest BCUT2D eigenvalue weighted by Crippen LogP contribution is 2.13. The van der Waals surface area contributed by atoms with Crippen LogP contribution in [-0.4, -0.2) is 37.6 Å². The first-order valence-electron chi connectivity index (χ1n) is 7.25. The number of carbonyl (C=O) groups excluding carboxylic acids is 2. The summed E-state index contributed by atoms with van der Waals surface area (Å²) in [7, 11) is 0. The molecule has 1 fully saturated rings. The van der Waals surface area contributed by atoms with Crippen LogP contribution in [0.4, 0.5) is 5.69 Å². The Morgan fingerprint density at radius 1 is 1.43 bits per heavy atom. The van der Waals surface area contributed by atoms with E-state index in [1.165, 1.54) is 6.92 Å². The first-order valence-corrected chi connectivity index (χ1v) is 7.25. The molecule has 21 heavy (non-hydrogen) atoms. The van der Waals surface area contributed by atoms with Gasteiger partial charge in [0, 0.05) is 17.9 Å². The van der Waals surface area contributed by atoms with E-state index in [2.05, 4.69) is 5.32 Å². The smallest absolute Gasteiger partial charge is 0.226 e. The van der Waals surface area contributed by atoms with Crippen molar-refractivity contribution >= 4 is 17.4 Å². The quantitative estimate of drug-likeness (QED) is 0.619. The second-order valence-corrected chi connectivity index (χ2v) is 5.15. The standard InChI is InChI=1S/C16H21NO4/c1-12(18)13-4-2-5-14(10-13)17-16(19)7-9-20-11-15-6-3-8-21-15/h2,4-5,10,15H,3,6-9,11H2,1H3,(H,17,19)/t15-/m0/s1. The van der Waals surface area contributed by atoms with Gasteiger partial charge in [-0.1, -0.05) is 12.1 Å². The van der Waals surface area contributed by atoms with Crippen molar-refractivity contribution in [2.75, 3.05) is 25.1 Å². The van der Waals surface area contributed by atoms with Gasteiger partial charge in [-0.05, 0) is 31.9 Å². The molecular weight excluding hydrogens is 270 g/mol. The summed E-state index contributed by atoms with van der Waals surface area (Å²) in [4.78, 5) is 23.1. The van der Waals surface area contributed by atoms with Crippen molar-refractivity contribution in [2.45, 2.75) is 32.3 Å². The Kier molecular flexibility index (Phi) is 5.90. The zero-order valence-corrected chi connectivity index (χ0v) is 12.3. The van der Waals surface area contributed by atoms with Gasteiger partial charge in [0.2, 0.25) is 5.91 Å². The van der Waals surface area contributed by atoms with Gasteiger partial charge < -0.3 is 14.8 Å².